The summed E-state index contributed by atoms with van der Waals surface area (Å²) < 4.78 is 0. The smallest absolute Gasteiger partial charge is 0.326 e. The molecule has 1 aromatic carbocycles. The Labute approximate surface area is 131 Å². The zero-order valence-corrected chi connectivity index (χ0v) is 13.1. The van der Waals surface area contributed by atoms with Gasteiger partial charge in [0.2, 0.25) is 5.91 Å². The van der Waals surface area contributed by atoms with Crippen molar-refractivity contribution >= 4 is 11.9 Å². The van der Waals surface area contributed by atoms with Gasteiger partial charge >= 0.3 is 5.97 Å². The molecule has 0 heterocycles. The molecular weight excluding hydrogens is 278 g/mol. The van der Waals surface area contributed by atoms with E-state index in [1.54, 1.807) is 12.2 Å². The summed E-state index contributed by atoms with van der Waals surface area (Å²) in [6, 6.07) is 7.07. The Kier molecular flexibility index (Phi) is 5.01. The number of benzene rings is 1. The van der Waals surface area contributed by atoms with E-state index in [-0.39, 0.29) is 5.91 Å². The van der Waals surface area contributed by atoms with Crippen LogP contribution < -0.4 is 5.32 Å². The summed E-state index contributed by atoms with van der Waals surface area (Å²) in [5, 5.41) is 12.0. The largest absolute Gasteiger partial charge is 0.480 e. The molecular formula is C18H23NO3. The molecule has 0 aromatic heterocycles. The number of hydrogen-bond donors (Lipinski definition) is 2. The standard InChI is InChI=1S/C18H23NO3/c1-3-4-11-15(16(20)21)19-17(22)18(2)12-7-9-13-8-5-6-10-14(13)18/h3-6,8,10,15H,7,9,11-12H2,1-2H3,(H,19,22)(H,20,21)/b4-3+. The minimum absolute atomic E-state index is 0.198. The Bertz CT molecular complexity index is 594. The number of amides is 1. The van der Waals surface area contributed by atoms with E-state index in [2.05, 4.69) is 11.4 Å². The molecule has 0 saturated carbocycles. The van der Waals surface area contributed by atoms with E-state index in [1.807, 2.05) is 32.0 Å². The number of aliphatic carboxylic acids is 1. The van der Waals surface area contributed by atoms with Crippen molar-refractivity contribution in [2.75, 3.05) is 0 Å². The van der Waals surface area contributed by atoms with Crippen LogP contribution in [0, 0.1) is 0 Å². The SMILES string of the molecule is C/C=C/CC(NC(=O)C1(C)CCCc2ccccc21)C(=O)O. The fourth-order valence-corrected chi connectivity index (χ4v) is 3.09. The van der Waals surface area contributed by atoms with E-state index >= 15 is 0 Å². The van der Waals surface area contributed by atoms with E-state index in [0.29, 0.717) is 6.42 Å². The summed E-state index contributed by atoms with van der Waals surface area (Å²) in [4.78, 5) is 24.1. The predicted molar refractivity (Wildman–Crippen MR) is 85.7 cm³/mol. The van der Waals surface area contributed by atoms with Gasteiger partial charge in [0.05, 0.1) is 5.41 Å². The third-order valence-electron chi connectivity index (χ3n) is 4.45. The topological polar surface area (TPSA) is 66.4 Å². The molecule has 1 aliphatic rings. The summed E-state index contributed by atoms with van der Waals surface area (Å²) in [6.45, 7) is 3.74. The van der Waals surface area contributed by atoms with Gasteiger partial charge in [-0.25, -0.2) is 4.79 Å². The lowest BCUT2D eigenvalue weighted by Crippen LogP contribution is -2.50. The molecule has 2 unspecified atom stereocenters. The zero-order chi connectivity index (χ0) is 16.2. The van der Waals surface area contributed by atoms with Crippen LogP contribution in [0.1, 0.15) is 44.2 Å². The highest BCUT2D eigenvalue weighted by molar-refractivity contribution is 5.91. The van der Waals surface area contributed by atoms with E-state index in [0.717, 1.165) is 24.8 Å². The summed E-state index contributed by atoms with van der Waals surface area (Å²) in [5.74, 6) is -1.20. The highest BCUT2D eigenvalue weighted by Gasteiger charge is 2.40. The Morgan fingerprint density at radius 3 is 2.82 bits per heavy atom. The van der Waals surface area contributed by atoms with Gasteiger partial charge in [0, 0.05) is 0 Å². The average molecular weight is 301 g/mol. The van der Waals surface area contributed by atoms with Gasteiger partial charge in [0.25, 0.3) is 0 Å². The van der Waals surface area contributed by atoms with Gasteiger partial charge in [0.15, 0.2) is 0 Å². The molecule has 0 spiro atoms. The molecule has 118 valence electrons. The molecule has 22 heavy (non-hydrogen) atoms. The van der Waals surface area contributed by atoms with Crippen LogP contribution in [0.2, 0.25) is 0 Å². The molecule has 1 aromatic rings. The lowest BCUT2D eigenvalue weighted by molar-refractivity contribution is -0.142. The third kappa shape index (κ3) is 3.21. The Hall–Kier alpha value is -2.10. The van der Waals surface area contributed by atoms with Crippen molar-refractivity contribution in [3.05, 3.63) is 47.5 Å². The molecule has 0 radical (unpaired) electrons. The average Bonchev–Trinajstić information content (AvgIpc) is 2.51. The minimum atomic E-state index is -1.00. The van der Waals surface area contributed by atoms with E-state index < -0.39 is 17.4 Å². The Balaban J connectivity index is 2.23. The molecule has 2 atom stereocenters. The fourth-order valence-electron chi connectivity index (χ4n) is 3.09. The quantitative estimate of drug-likeness (QED) is 0.822. The fraction of sp³-hybridized carbons (Fsp3) is 0.444. The first kappa shape index (κ1) is 16.3. The third-order valence-corrected chi connectivity index (χ3v) is 4.45. The first-order valence-electron chi connectivity index (χ1n) is 7.72. The second-order valence-corrected chi connectivity index (χ2v) is 6.01. The van der Waals surface area contributed by atoms with Crippen LogP contribution in [0.25, 0.3) is 0 Å². The van der Waals surface area contributed by atoms with Crippen LogP contribution in [0.5, 0.6) is 0 Å². The van der Waals surface area contributed by atoms with Crippen LogP contribution in [0.15, 0.2) is 36.4 Å². The first-order valence-corrected chi connectivity index (χ1v) is 7.72. The number of carboxylic acid groups (broad SMARTS) is 1. The molecule has 0 bridgehead atoms. The zero-order valence-electron chi connectivity index (χ0n) is 13.1. The van der Waals surface area contributed by atoms with Crippen LogP contribution >= 0.6 is 0 Å². The lowest BCUT2D eigenvalue weighted by Gasteiger charge is -2.35. The number of nitrogens with one attached hydrogen (secondary N) is 1. The maximum atomic E-state index is 12.8. The molecule has 4 nitrogen and oxygen atoms in total. The summed E-state index contributed by atoms with van der Waals surface area (Å²) in [5.41, 5.74) is 1.55. The Morgan fingerprint density at radius 1 is 1.41 bits per heavy atom. The molecule has 0 aliphatic heterocycles. The van der Waals surface area contributed by atoms with Crippen molar-refractivity contribution < 1.29 is 14.7 Å². The number of carboxylic acids is 1. The van der Waals surface area contributed by atoms with Crippen molar-refractivity contribution in [3.63, 3.8) is 0 Å². The highest BCUT2D eigenvalue weighted by Crippen LogP contribution is 2.37. The van der Waals surface area contributed by atoms with Crippen molar-refractivity contribution in [1.29, 1.82) is 0 Å². The molecule has 4 heteroatoms. The van der Waals surface area contributed by atoms with Crippen molar-refractivity contribution in [2.24, 2.45) is 0 Å². The molecule has 1 amide bonds. The van der Waals surface area contributed by atoms with Crippen molar-refractivity contribution in [2.45, 2.75) is 51.0 Å². The van der Waals surface area contributed by atoms with Gasteiger partial charge in [-0.2, -0.15) is 0 Å². The molecule has 2 N–H and O–H groups in total. The van der Waals surface area contributed by atoms with Gasteiger partial charge in [0.1, 0.15) is 6.04 Å². The number of allylic oxidation sites excluding steroid dienone is 1. The Morgan fingerprint density at radius 2 is 2.14 bits per heavy atom. The molecule has 2 rings (SSSR count). The number of rotatable bonds is 5. The molecule has 1 aliphatic carbocycles. The van der Waals surface area contributed by atoms with Gasteiger partial charge < -0.3 is 10.4 Å². The second-order valence-electron chi connectivity index (χ2n) is 6.01. The number of fused-ring (bicyclic) bond motifs is 1. The number of carbonyl (C=O) groups excluding carboxylic acids is 1. The van der Waals surface area contributed by atoms with Gasteiger partial charge in [-0.15, -0.1) is 0 Å². The van der Waals surface area contributed by atoms with E-state index in [4.69, 9.17) is 0 Å². The monoisotopic (exact) mass is 301 g/mol. The van der Waals surface area contributed by atoms with Gasteiger partial charge in [-0.05, 0) is 50.7 Å². The first-order chi connectivity index (χ1) is 10.5. The summed E-state index contributed by atoms with van der Waals surface area (Å²) in [7, 11) is 0. The van der Waals surface area contributed by atoms with Crippen LogP contribution in [-0.2, 0) is 21.4 Å². The number of aryl methyl sites for hydroxylation is 1. The molecule has 0 fully saturated rings. The normalized spacial score (nSPS) is 22.1. The van der Waals surface area contributed by atoms with E-state index in [9.17, 15) is 14.7 Å². The van der Waals surface area contributed by atoms with Crippen molar-refractivity contribution in [1.82, 2.24) is 5.32 Å². The van der Waals surface area contributed by atoms with Crippen LogP contribution in [0.3, 0.4) is 0 Å². The van der Waals surface area contributed by atoms with Gasteiger partial charge in [-0.1, -0.05) is 36.4 Å². The number of hydrogen-bond acceptors (Lipinski definition) is 2. The van der Waals surface area contributed by atoms with Crippen LogP contribution in [0.4, 0.5) is 0 Å². The maximum absolute atomic E-state index is 12.8. The summed E-state index contributed by atoms with van der Waals surface area (Å²) >= 11 is 0. The minimum Gasteiger partial charge on any atom is -0.480 e. The van der Waals surface area contributed by atoms with E-state index in [1.165, 1.54) is 5.56 Å². The highest BCUT2D eigenvalue weighted by atomic mass is 16.4. The van der Waals surface area contributed by atoms with Gasteiger partial charge in [-0.3, -0.25) is 4.79 Å². The second kappa shape index (κ2) is 6.77. The lowest BCUT2D eigenvalue weighted by atomic mass is 9.70. The maximum Gasteiger partial charge on any atom is 0.326 e. The summed E-state index contributed by atoms with van der Waals surface area (Å²) in [6.07, 6.45) is 6.50. The predicted octanol–water partition coefficient (Wildman–Crippen LogP) is 2.82. The van der Waals surface area contributed by atoms with Crippen molar-refractivity contribution in [3.8, 4) is 0 Å². The molecule has 0 saturated heterocycles. The number of carbonyl (C=O) groups is 2. The van der Waals surface area contributed by atoms with Crippen LogP contribution in [-0.4, -0.2) is 23.0 Å².